The van der Waals surface area contributed by atoms with Gasteiger partial charge in [-0.2, -0.15) is 0 Å². The van der Waals surface area contributed by atoms with E-state index in [2.05, 4.69) is 21.3 Å². The summed E-state index contributed by atoms with van der Waals surface area (Å²) in [6, 6.07) is 7.97. The highest BCUT2D eigenvalue weighted by Crippen LogP contribution is 2.24. The number of carbonyl (C=O) groups excluding carboxylic acids is 1. The molecule has 1 aliphatic heterocycles. The van der Waals surface area contributed by atoms with Crippen molar-refractivity contribution in [2.24, 2.45) is 0 Å². The molecule has 1 saturated heterocycles. The molecule has 1 aromatic heterocycles. The summed E-state index contributed by atoms with van der Waals surface area (Å²) in [5, 5.41) is 4.14. The lowest BCUT2D eigenvalue weighted by Gasteiger charge is -2.16. The van der Waals surface area contributed by atoms with Gasteiger partial charge in [0, 0.05) is 17.0 Å². The average molecular weight is 343 g/mol. The third kappa shape index (κ3) is 4.02. The second-order valence-electron chi connectivity index (χ2n) is 6.56. The van der Waals surface area contributed by atoms with Crippen molar-refractivity contribution >= 4 is 17.2 Å². The van der Waals surface area contributed by atoms with Crippen LogP contribution in [0.2, 0.25) is 0 Å². The van der Waals surface area contributed by atoms with Gasteiger partial charge in [0.05, 0.1) is 16.7 Å². The van der Waals surface area contributed by atoms with Crippen molar-refractivity contribution in [3.05, 3.63) is 51.0 Å². The van der Waals surface area contributed by atoms with E-state index in [9.17, 15) is 4.79 Å². The lowest BCUT2D eigenvalue weighted by atomic mass is 10.1. The van der Waals surface area contributed by atoms with Crippen molar-refractivity contribution < 1.29 is 4.79 Å². The second-order valence-corrected chi connectivity index (χ2v) is 7.80. The Morgan fingerprint density at radius 1 is 1.33 bits per heavy atom. The maximum absolute atomic E-state index is 12.6. The van der Waals surface area contributed by atoms with Gasteiger partial charge in [0.2, 0.25) is 0 Å². The molecule has 0 radical (unpaired) electrons. The van der Waals surface area contributed by atoms with Crippen molar-refractivity contribution in [1.29, 1.82) is 0 Å². The maximum atomic E-state index is 12.6. The number of carbonyl (C=O) groups is 1. The largest absolute Gasteiger partial charge is 0.345 e. The first-order chi connectivity index (χ1) is 11.5. The second kappa shape index (κ2) is 7.45. The highest BCUT2D eigenvalue weighted by Gasteiger charge is 2.17. The fourth-order valence-electron chi connectivity index (χ4n) is 3.30. The van der Waals surface area contributed by atoms with E-state index in [1.54, 1.807) is 11.3 Å². The summed E-state index contributed by atoms with van der Waals surface area (Å²) in [6.07, 6.45) is 2.57. The normalized spacial score (nSPS) is 16.3. The predicted molar refractivity (Wildman–Crippen MR) is 98.4 cm³/mol. The Hall–Kier alpha value is -1.72. The van der Waals surface area contributed by atoms with Crippen LogP contribution in [0.25, 0.3) is 0 Å². The van der Waals surface area contributed by atoms with Crippen molar-refractivity contribution in [2.75, 3.05) is 13.1 Å². The molecule has 2 aromatic rings. The Labute approximate surface area is 147 Å². The molecule has 1 aliphatic rings. The number of thiazole rings is 1. The molecule has 3 rings (SSSR count). The number of hydrogen-bond acceptors (Lipinski definition) is 4. The van der Waals surface area contributed by atoms with Gasteiger partial charge in [0.15, 0.2) is 0 Å². The zero-order valence-corrected chi connectivity index (χ0v) is 15.4. The van der Waals surface area contributed by atoms with Crippen LogP contribution in [0.4, 0.5) is 0 Å². The molecule has 0 spiro atoms. The van der Waals surface area contributed by atoms with Crippen molar-refractivity contribution in [3.63, 3.8) is 0 Å². The Bertz CT molecular complexity index is 719. The molecule has 0 unspecified atom stereocenters. The van der Waals surface area contributed by atoms with Crippen LogP contribution < -0.4 is 5.32 Å². The summed E-state index contributed by atoms with van der Waals surface area (Å²) in [5.74, 6) is -0.0174. The van der Waals surface area contributed by atoms with Crippen molar-refractivity contribution in [2.45, 2.75) is 46.2 Å². The highest BCUT2D eigenvalue weighted by atomic mass is 32.1. The number of hydrogen-bond donors (Lipinski definition) is 1. The van der Waals surface area contributed by atoms with Gasteiger partial charge in [-0.3, -0.25) is 9.69 Å². The highest BCUT2D eigenvalue weighted by molar-refractivity contribution is 7.11. The summed E-state index contributed by atoms with van der Waals surface area (Å²) in [7, 11) is 0. The van der Waals surface area contributed by atoms with Crippen LogP contribution in [0, 0.1) is 13.8 Å². The van der Waals surface area contributed by atoms with Crippen LogP contribution in [-0.2, 0) is 6.54 Å². The Kier molecular flexibility index (Phi) is 5.31. The molecule has 0 saturated carbocycles. The summed E-state index contributed by atoms with van der Waals surface area (Å²) in [6.45, 7) is 9.28. The standard InChI is InChI=1S/C19H25N3OS/c1-13-18(24-15(3)20-13)14(2)21-19(23)17-8-6-7-16(11-17)12-22-9-4-5-10-22/h6-8,11,14H,4-5,9-10,12H2,1-3H3,(H,21,23)/t14-/m0/s1. The molecule has 0 bridgehead atoms. The SMILES string of the molecule is Cc1nc(C)c([C@H](C)NC(=O)c2cccc(CN3CCCC3)c2)s1. The Balaban J connectivity index is 1.67. The third-order valence-electron chi connectivity index (χ3n) is 4.47. The predicted octanol–water partition coefficient (Wildman–Crippen LogP) is 3.85. The van der Waals surface area contributed by atoms with E-state index in [1.807, 2.05) is 39.0 Å². The summed E-state index contributed by atoms with van der Waals surface area (Å²) in [5.41, 5.74) is 2.95. The van der Waals surface area contributed by atoms with Crippen molar-refractivity contribution in [3.8, 4) is 0 Å². The minimum atomic E-state index is -0.0223. The molecule has 4 nitrogen and oxygen atoms in total. The van der Waals surface area contributed by atoms with Gasteiger partial charge >= 0.3 is 0 Å². The van der Waals surface area contributed by atoms with E-state index in [4.69, 9.17) is 0 Å². The van der Waals surface area contributed by atoms with Crippen molar-refractivity contribution in [1.82, 2.24) is 15.2 Å². The Morgan fingerprint density at radius 2 is 2.08 bits per heavy atom. The molecule has 1 amide bonds. The fourth-order valence-corrected chi connectivity index (χ4v) is 4.23. The van der Waals surface area contributed by atoms with Crippen LogP contribution in [0.5, 0.6) is 0 Å². The van der Waals surface area contributed by atoms with E-state index in [0.717, 1.165) is 40.8 Å². The number of rotatable bonds is 5. The van der Waals surface area contributed by atoms with Gasteiger partial charge in [-0.05, 0) is 64.4 Å². The van der Waals surface area contributed by atoms with Crippen LogP contribution >= 0.6 is 11.3 Å². The minimum absolute atomic E-state index is 0.0174. The molecule has 0 aliphatic carbocycles. The van der Waals surface area contributed by atoms with Gasteiger partial charge in [0.1, 0.15) is 0 Å². The number of nitrogens with one attached hydrogen (secondary N) is 1. The van der Waals surface area contributed by atoms with E-state index in [1.165, 1.54) is 18.4 Å². The Morgan fingerprint density at radius 3 is 2.75 bits per heavy atom. The van der Waals surface area contributed by atoms with Crippen LogP contribution in [0.1, 0.15) is 57.3 Å². The zero-order valence-electron chi connectivity index (χ0n) is 14.6. The lowest BCUT2D eigenvalue weighted by molar-refractivity contribution is 0.0940. The molecule has 24 heavy (non-hydrogen) atoms. The molecular formula is C19H25N3OS. The topological polar surface area (TPSA) is 45.2 Å². The molecule has 1 aromatic carbocycles. The summed E-state index contributed by atoms with van der Waals surface area (Å²) >= 11 is 1.65. The quantitative estimate of drug-likeness (QED) is 0.897. The molecule has 1 N–H and O–H groups in total. The molecule has 128 valence electrons. The minimum Gasteiger partial charge on any atom is -0.345 e. The first-order valence-corrected chi connectivity index (χ1v) is 9.40. The molecule has 1 atom stereocenters. The van der Waals surface area contributed by atoms with Gasteiger partial charge < -0.3 is 5.32 Å². The van der Waals surface area contributed by atoms with E-state index in [0.29, 0.717) is 0 Å². The zero-order chi connectivity index (χ0) is 17.1. The van der Waals surface area contributed by atoms with Gasteiger partial charge in [-0.1, -0.05) is 12.1 Å². The van der Waals surface area contributed by atoms with Gasteiger partial charge in [-0.15, -0.1) is 11.3 Å². The molecule has 5 heteroatoms. The number of aromatic nitrogens is 1. The van der Waals surface area contributed by atoms with Crippen LogP contribution in [0.3, 0.4) is 0 Å². The van der Waals surface area contributed by atoms with Crippen LogP contribution in [-0.4, -0.2) is 28.9 Å². The van der Waals surface area contributed by atoms with Crippen LogP contribution in [0.15, 0.2) is 24.3 Å². The van der Waals surface area contributed by atoms with E-state index < -0.39 is 0 Å². The first-order valence-electron chi connectivity index (χ1n) is 8.59. The molecule has 2 heterocycles. The molecule has 1 fully saturated rings. The monoisotopic (exact) mass is 343 g/mol. The first kappa shape index (κ1) is 17.1. The van der Waals surface area contributed by atoms with E-state index >= 15 is 0 Å². The number of nitrogens with zero attached hydrogens (tertiary/aromatic N) is 2. The third-order valence-corrected chi connectivity index (χ3v) is 5.73. The summed E-state index contributed by atoms with van der Waals surface area (Å²) < 4.78 is 0. The average Bonchev–Trinajstić information content (AvgIpc) is 3.17. The fraction of sp³-hybridized carbons (Fsp3) is 0.474. The molecular weight excluding hydrogens is 318 g/mol. The smallest absolute Gasteiger partial charge is 0.251 e. The number of aryl methyl sites for hydroxylation is 2. The van der Waals surface area contributed by atoms with Gasteiger partial charge in [-0.25, -0.2) is 4.98 Å². The van der Waals surface area contributed by atoms with Gasteiger partial charge in [0.25, 0.3) is 5.91 Å². The van der Waals surface area contributed by atoms with E-state index in [-0.39, 0.29) is 11.9 Å². The maximum Gasteiger partial charge on any atom is 0.251 e. The number of likely N-dealkylation sites (tertiary alicyclic amines) is 1. The number of benzene rings is 1. The lowest BCUT2D eigenvalue weighted by Crippen LogP contribution is -2.27. The summed E-state index contributed by atoms with van der Waals surface area (Å²) in [4.78, 5) is 20.6. The number of amides is 1.